The highest BCUT2D eigenvalue weighted by Gasteiger charge is 2.68. The van der Waals surface area contributed by atoms with E-state index < -0.39 is 26.9 Å². The predicted octanol–water partition coefficient (Wildman–Crippen LogP) is 2.01. The maximum Gasteiger partial charge on any atom is 0.244 e. The van der Waals surface area contributed by atoms with E-state index in [4.69, 9.17) is 5.26 Å². The summed E-state index contributed by atoms with van der Waals surface area (Å²) in [5.41, 5.74) is 0. The lowest BCUT2D eigenvalue weighted by Gasteiger charge is -2.10. The van der Waals surface area contributed by atoms with Gasteiger partial charge in [0.15, 0.2) is 14.6 Å². The van der Waals surface area contributed by atoms with E-state index in [0.29, 0.717) is 0 Å². The zero-order valence-electron chi connectivity index (χ0n) is 8.68. The summed E-state index contributed by atoms with van der Waals surface area (Å²) in [5.74, 6) is -1.38. The van der Waals surface area contributed by atoms with E-state index in [1.165, 1.54) is 24.3 Å². The minimum absolute atomic E-state index is 0.0790. The molecule has 6 heteroatoms. The van der Waals surface area contributed by atoms with Crippen molar-refractivity contribution in [2.75, 3.05) is 0 Å². The fourth-order valence-corrected chi connectivity index (χ4v) is 3.82. The van der Waals surface area contributed by atoms with Gasteiger partial charge < -0.3 is 0 Å². The number of alkyl halides is 2. The number of nitriles is 1. The Morgan fingerprint density at radius 3 is 2.35 bits per heavy atom. The molecule has 0 bridgehead atoms. The Bertz CT molecular complexity index is 565. The van der Waals surface area contributed by atoms with Crippen molar-refractivity contribution >= 4 is 9.84 Å². The van der Waals surface area contributed by atoms with E-state index in [2.05, 4.69) is 0 Å². The van der Waals surface area contributed by atoms with Crippen LogP contribution in [0, 0.1) is 17.2 Å². The molecule has 0 saturated heterocycles. The molecule has 1 saturated carbocycles. The van der Waals surface area contributed by atoms with Crippen LogP contribution >= 0.6 is 0 Å². The summed E-state index contributed by atoms with van der Waals surface area (Å²) in [6, 6.07) is 8.80. The average Bonchev–Trinajstić information content (AvgIpc) is 3.07. The smallest absolute Gasteiger partial charge is 0.222 e. The van der Waals surface area contributed by atoms with Crippen LogP contribution in [0.1, 0.15) is 6.42 Å². The summed E-state index contributed by atoms with van der Waals surface area (Å²) >= 11 is 0. The fraction of sp³-hybridized carbons (Fsp3) is 0.364. The van der Waals surface area contributed by atoms with Crippen molar-refractivity contribution in [1.82, 2.24) is 0 Å². The molecule has 0 N–H and O–H groups in total. The van der Waals surface area contributed by atoms with Gasteiger partial charge in [0.1, 0.15) is 0 Å². The SMILES string of the molecule is N#CC1(S(=O)(=O)c2ccccc2)CC1C(F)F. The van der Waals surface area contributed by atoms with Crippen molar-refractivity contribution in [3.8, 4) is 6.07 Å². The van der Waals surface area contributed by atoms with Gasteiger partial charge in [-0.2, -0.15) is 5.26 Å². The number of hydrogen-bond acceptors (Lipinski definition) is 3. The lowest BCUT2D eigenvalue weighted by Crippen LogP contribution is -2.26. The first-order valence-corrected chi connectivity index (χ1v) is 6.43. The predicted molar refractivity (Wildman–Crippen MR) is 56.1 cm³/mol. The summed E-state index contributed by atoms with van der Waals surface area (Å²) < 4.78 is 47.3. The van der Waals surface area contributed by atoms with Crippen LogP contribution in [0.5, 0.6) is 0 Å². The first kappa shape index (κ1) is 12.0. The molecule has 2 atom stereocenters. The summed E-state index contributed by atoms with van der Waals surface area (Å²) in [6.45, 7) is 0. The number of hydrogen-bond donors (Lipinski definition) is 0. The summed E-state index contributed by atoms with van der Waals surface area (Å²) in [5, 5.41) is 8.91. The minimum Gasteiger partial charge on any atom is -0.222 e. The lowest BCUT2D eigenvalue weighted by molar-refractivity contribution is 0.120. The molecule has 2 rings (SSSR count). The molecule has 17 heavy (non-hydrogen) atoms. The number of benzene rings is 1. The first-order valence-electron chi connectivity index (χ1n) is 4.95. The van der Waals surface area contributed by atoms with E-state index in [1.807, 2.05) is 0 Å². The highest BCUT2D eigenvalue weighted by molar-refractivity contribution is 7.93. The molecule has 0 radical (unpaired) electrons. The minimum atomic E-state index is -4.01. The molecule has 90 valence electrons. The van der Waals surface area contributed by atoms with Gasteiger partial charge in [-0.1, -0.05) is 18.2 Å². The molecular formula is C11H9F2NO2S. The molecule has 0 aliphatic heterocycles. The van der Waals surface area contributed by atoms with Crippen LogP contribution < -0.4 is 0 Å². The molecule has 2 unspecified atom stereocenters. The molecule has 1 fully saturated rings. The Balaban J connectivity index is 2.45. The highest BCUT2D eigenvalue weighted by Crippen LogP contribution is 2.54. The van der Waals surface area contributed by atoms with Crippen LogP contribution in [0.2, 0.25) is 0 Å². The van der Waals surface area contributed by atoms with Gasteiger partial charge in [-0.15, -0.1) is 0 Å². The highest BCUT2D eigenvalue weighted by atomic mass is 32.2. The largest absolute Gasteiger partial charge is 0.244 e. The second-order valence-electron chi connectivity index (χ2n) is 3.96. The molecule has 3 nitrogen and oxygen atoms in total. The van der Waals surface area contributed by atoms with E-state index in [1.54, 1.807) is 12.1 Å². The third kappa shape index (κ3) is 1.62. The van der Waals surface area contributed by atoms with Gasteiger partial charge >= 0.3 is 0 Å². The number of rotatable bonds is 3. The van der Waals surface area contributed by atoms with Crippen LogP contribution in [0.3, 0.4) is 0 Å². The molecule has 1 aliphatic carbocycles. The Morgan fingerprint density at radius 1 is 1.35 bits per heavy atom. The van der Waals surface area contributed by atoms with Gasteiger partial charge in [-0.3, -0.25) is 0 Å². The lowest BCUT2D eigenvalue weighted by atomic mass is 10.3. The molecule has 0 amide bonds. The standard InChI is InChI=1S/C11H9F2NO2S/c12-10(13)9-6-11(9,7-14)17(15,16)8-4-2-1-3-5-8/h1-5,9-10H,6H2. The summed E-state index contributed by atoms with van der Waals surface area (Å²) in [7, 11) is -4.01. The normalized spacial score (nSPS) is 27.8. The maximum absolute atomic E-state index is 12.5. The zero-order chi connectivity index (χ0) is 12.7. The maximum atomic E-state index is 12.5. The summed E-state index contributed by atoms with van der Waals surface area (Å²) in [6.07, 6.45) is -3.08. The fourth-order valence-electron chi connectivity index (χ4n) is 1.87. The van der Waals surface area contributed by atoms with E-state index >= 15 is 0 Å². The van der Waals surface area contributed by atoms with Crippen molar-refractivity contribution in [2.24, 2.45) is 5.92 Å². The molecule has 0 heterocycles. The topological polar surface area (TPSA) is 57.9 Å². The average molecular weight is 257 g/mol. The van der Waals surface area contributed by atoms with E-state index in [-0.39, 0.29) is 11.3 Å². The van der Waals surface area contributed by atoms with Crippen LogP contribution in [0.15, 0.2) is 35.2 Å². The van der Waals surface area contributed by atoms with Gasteiger partial charge in [0.2, 0.25) is 6.43 Å². The van der Waals surface area contributed by atoms with Crippen LogP contribution in [0.25, 0.3) is 0 Å². The van der Waals surface area contributed by atoms with E-state index in [0.717, 1.165) is 0 Å². The second-order valence-corrected chi connectivity index (χ2v) is 6.17. The Labute approximate surface area is 97.6 Å². The first-order chi connectivity index (χ1) is 7.95. The number of halogens is 2. The van der Waals surface area contributed by atoms with Gasteiger partial charge in [0.25, 0.3) is 0 Å². The Kier molecular flexibility index (Phi) is 2.66. The number of sulfone groups is 1. The zero-order valence-corrected chi connectivity index (χ0v) is 9.49. The van der Waals surface area contributed by atoms with E-state index in [9.17, 15) is 17.2 Å². The molecule has 0 aromatic heterocycles. The van der Waals surface area contributed by atoms with Crippen LogP contribution in [-0.2, 0) is 9.84 Å². The third-order valence-corrected chi connectivity index (χ3v) is 5.40. The van der Waals surface area contributed by atoms with Crippen molar-refractivity contribution < 1.29 is 17.2 Å². The Hall–Kier alpha value is -1.48. The molecule has 0 spiro atoms. The van der Waals surface area contributed by atoms with Crippen LogP contribution in [0.4, 0.5) is 8.78 Å². The molecule has 1 aromatic carbocycles. The summed E-state index contributed by atoms with van der Waals surface area (Å²) in [4.78, 5) is -0.0790. The van der Waals surface area contributed by atoms with Crippen molar-refractivity contribution in [3.05, 3.63) is 30.3 Å². The van der Waals surface area contributed by atoms with Crippen molar-refractivity contribution in [2.45, 2.75) is 22.5 Å². The van der Waals surface area contributed by atoms with Gasteiger partial charge in [-0.05, 0) is 18.6 Å². The van der Waals surface area contributed by atoms with Gasteiger partial charge in [-0.25, -0.2) is 17.2 Å². The van der Waals surface area contributed by atoms with Crippen molar-refractivity contribution in [3.63, 3.8) is 0 Å². The molecular weight excluding hydrogens is 248 g/mol. The van der Waals surface area contributed by atoms with Gasteiger partial charge in [0.05, 0.1) is 16.9 Å². The molecule has 1 aliphatic rings. The quantitative estimate of drug-likeness (QED) is 0.832. The second kappa shape index (κ2) is 3.77. The third-order valence-electron chi connectivity index (χ3n) is 2.99. The monoisotopic (exact) mass is 257 g/mol. The van der Waals surface area contributed by atoms with Crippen LogP contribution in [-0.4, -0.2) is 19.6 Å². The molecule has 1 aromatic rings. The van der Waals surface area contributed by atoms with Gasteiger partial charge in [0, 0.05) is 0 Å². The van der Waals surface area contributed by atoms with Crippen molar-refractivity contribution in [1.29, 1.82) is 5.26 Å². The Morgan fingerprint density at radius 2 is 1.94 bits per heavy atom. The number of nitrogens with zero attached hydrogens (tertiary/aromatic N) is 1.